The molecular weight excluding hydrogens is 186 g/mol. The van der Waals surface area contributed by atoms with Crippen LogP contribution in [0.4, 0.5) is 0 Å². The van der Waals surface area contributed by atoms with Crippen molar-refractivity contribution in [1.29, 1.82) is 0 Å². The first-order valence-electron chi connectivity index (χ1n) is 2.10. The van der Waals surface area contributed by atoms with Crippen molar-refractivity contribution in [3.05, 3.63) is 0 Å². The van der Waals surface area contributed by atoms with Gasteiger partial charge in [0.15, 0.2) is 0 Å². The highest BCUT2D eigenvalue weighted by Gasteiger charge is 2.11. The lowest BCUT2D eigenvalue weighted by atomic mass is 10.9. The molecule has 52 valence electrons. The van der Waals surface area contributed by atoms with Gasteiger partial charge >= 0.3 is 0 Å². The third-order valence-corrected chi connectivity index (χ3v) is 2.70. The number of hydrogen-bond acceptors (Lipinski definition) is 0. The minimum atomic E-state index is -1.02. The molecule has 0 aromatic carbocycles. The summed E-state index contributed by atoms with van der Waals surface area (Å²) in [6, 6.07) is 0. The Morgan fingerprint density at radius 2 is 1.75 bits per heavy atom. The van der Waals surface area contributed by atoms with E-state index < -0.39 is 9.24 Å². The van der Waals surface area contributed by atoms with E-state index in [2.05, 4.69) is 0 Å². The molecule has 0 amide bonds. The SMILES string of the molecule is CS(C)(Cl)CC(Cl)Cl. The van der Waals surface area contributed by atoms with Crippen molar-refractivity contribution in [3.8, 4) is 0 Å². The highest BCUT2D eigenvalue weighted by Crippen LogP contribution is 2.46. The predicted molar refractivity (Wildman–Crippen MR) is 45.7 cm³/mol. The van der Waals surface area contributed by atoms with Gasteiger partial charge in [-0.3, -0.25) is 0 Å². The second-order valence-corrected chi connectivity index (χ2v) is 8.88. The molecule has 0 fully saturated rings. The van der Waals surface area contributed by atoms with Gasteiger partial charge in [-0.2, -0.15) is 9.24 Å². The molecule has 0 aliphatic rings. The molecule has 0 aliphatic carbocycles. The van der Waals surface area contributed by atoms with Crippen LogP contribution in [-0.4, -0.2) is 23.1 Å². The van der Waals surface area contributed by atoms with E-state index in [-0.39, 0.29) is 4.84 Å². The molecule has 0 aliphatic heterocycles. The van der Waals surface area contributed by atoms with Gasteiger partial charge in [0, 0.05) is 5.75 Å². The fourth-order valence-electron chi connectivity index (χ4n) is 0.300. The molecule has 0 aromatic rings. The van der Waals surface area contributed by atoms with Crippen molar-refractivity contribution in [3.63, 3.8) is 0 Å². The maximum atomic E-state index is 5.84. The highest BCUT2D eigenvalue weighted by atomic mass is 35.7. The standard InChI is InChI=1S/C4H9Cl3S/c1-8(2,7)3-4(5)6/h4H,3H2,1-2H3. The number of alkyl halides is 2. The average molecular weight is 196 g/mol. The van der Waals surface area contributed by atoms with E-state index >= 15 is 0 Å². The van der Waals surface area contributed by atoms with E-state index in [0.29, 0.717) is 5.75 Å². The summed E-state index contributed by atoms with van der Waals surface area (Å²) < 4.78 is 0. The van der Waals surface area contributed by atoms with Crippen LogP contribution in [0.2, 0.25) is 0 Å². The van der Waals surface area contributed by atoms with E-state index in [1.165, 1.54) is 0 Å². The molecule has 0 nitrogen and oxygen atoms in total. The fraction of sp³-hybridized carbons (Fsp3) is 1.00. The van der Waals surface area contributed by atoms with Gasteiger partial charge in [-0.15, -0.1) is 23.2 Å². The minimum absolute atomic E-state index is 0.308. The van der Waals surface area contributed by atoms with Crippen LogP contribution in [0.5, 0.6) is 0 Å². The van der Waals surface area contributed by atoms with E-state index in [1.54, 1.807) is 0 Å². The Morgan fingerprint density at radius 3 is 1.75 bits per heavy atom. The van der Waals surface area contributed by atoms with E-state index in [1.807, 2.05) is 12.5 Å². The molecule has 0 rings (SSSR count). The Labute approximate surface area is 66.3 Å². The molecular formula is C4H9Cl3S. The number of hydrogen-bond donors (Lipinski definition) is 0. The normalized spacial score (nSPS) is 14.8. The summed E-state index contributed by atoms with van der Waals surface area (Å²) in [7, 11) is 4.83. The molecule has 0 N–H and O–H groups in total. The van der Waals surface area contributed by atoms with Gasteiger partial charge in [0.1, 0.15) is 4.84 Å². The molecule has 0 radical (unpaired) electrons. The highest BCUT2D eigenvalue weighted by molar-refractivity contribution is 8.50. The minimum Gasteiger partial charge on any atom is -0.166 e. The maximum Gasteiger partial charge on any atom is 0.116 e. The van der Waals surface area contributed by atoms with Gasteiger partial charge in [-0.25, -0.2) is 0 Å². The van der Waals surface area contributed by atoms with Gasteiger partial charge in [-0.05, 0) is 12.5 Å². The smallest absolute Gasteiger partial charge is 0.116 e. The Kier molecular flexibility index (Phi) is 3.92. The topological polar surface area (TPSA) is 0 Å². The first-order valence-corrected chi connectivity index (χ1v) is 6.42. The summed E-state index contributed by atoms with van der Waals surface area (Å²) in [4.78, 5) is -0.308. The zero-order valence-corrected chi connectivity index (χ0v) is 7.91. The van der Waals surface area contributed by atoms with Crippen molar-refractivity contribution < 1.29 is 0 Å². The van der Waals surface area contributed by atoms with Gasteiger partial charge in [0.05, 0.1) is 0 Å². The molecule has 4 heteroatoms. The molecule has 0 atom stereocenters. The van der Waals surface area contributed by atoms with Crippen LogP contribution in [0.3, 0.4) is 0 Å². The molecule has 0 bridgehead atoms. The lowest BCUT2D eigenvalue weighted by Crippen LogP contribution is -2.00. The number of halogens is 3. The van der Waals surface area contributed by atoms with Crippen molar-refractivity contribution >= 4 is 43.1 Å². The quantitative estimate of drug-likeness (QED) is 0.594. The van der Waals surface area contributed by atoms with Crippen LogP contribution >= 0.6 is 43.1 Å². The van der Waals surface area contributed by atoms with Crippen molar-refractivity contribution in [2.75, 3.05) is 18.3 Å². The van der Waals surface area contributed by atoms with E-state index in [4.69, 9.17) is 33.9 Å². The molecule has 0 spiro atoms. The van der Waals surface area contributed by atoms with Gasteiger partial charge in [0.2, 0.25) is 0 Å². The molecule has 0 aromatic heterocycles. The van der Waals surface area contributed by atoms with Crippen LogP contribution in [0.15, 0.2) is 0 Å². The Morgan fingerprint density at radius 1 is 1.38 bits per heavy atom. The predicted octanol–water partition coefficient (Wildman–Crippen LogP) is 3.01. The zero-order chi connectivity index (χ0) is 6.78. The Balaban J connectivity index is 3.39. The Bertz CT molecular complexity index is 66.2. The molecule has 8 heavy (non-hydrogen) atoms. The van der Waals surface area contributed by atoms with Gasteiger partial charge < -0.3 is 0 Å². The molecule has 0 heterocycles. The fourth-order valence-corrected chi connectivity index (χ4v) is 3.55. The van der Waals surface area contributed by atoms with E-state index in [0.717, 1.165) is 0 Å². The van der Waals surface area contributed by atoms with Crippen molar-refractivity contribution in [2.24, 2.45) is 0 Å². The first-order chi connectivity index (χ1) is 3.42. The first kappa shape index (κ1) is 9.22. The summed E-state index contributed by atoms with van der Waals surface area (Å²) in [5.74, 6) is 0.706. The second kappa shape index (κ2) is 3.40. The molecule has 0 unspecified atom stereocenters. The van der Waals surface area contributed by atoms with Crippen LogP contribution < -0.4 is 0 Å². The summed E-state index contributed by atoms with van der Waals surface area (Å²) in [6.07, 6.45) is 3.93. The second-order valence-electron chi connectivity index (χ2n) is 1.96. The zero-order valence-electron chi connectivity index (χ0n) is 4.83. The van der Waals surface area contributed by atoms with Crippen molar-refractivity contribution in [1.82, 2.24) is 0 Å². The van der Waals surface area contributed by atoms with Crippen LogP contribution in [0.25, 0.3) is 0 Å². The van der Waals surface area contributed by atoms with Crippen LogP contribution in [-0.2, 0) is 0 Å². The van der Waals surface area contributed by atoms with Crippen LogP contribution in [0.1, 0.15) is 0 Å². The molecule has 0 saturated carbocycles. The third-order valence-electron chi connectivity index (χ3n) is 0.522. The molecule has 0 saturated heterocycles. The maximum absolute atomic E-state index is 5.84. The lowest BCUT2D eigenvalue weighted by Gasteiger charge is -2.21. The van der Waals surface area contributed by atoms with E-state index in [9.17, 15) is 0 Å². The lowest BCUT2D eigenvalue weighted by molar-refractivity contribution is 1.40. The monoisotopic (exact) mass is 194 g/mol. The van der Waals surface area contributed by atoms with Crippen LogP contribution in [0, 0.1) is 0 Å². The van der Waals surface area contributed by atoms with Crippen molar-refractivity contribution in [2.45, 2.75) is 4.84 Å². The Hall–Kier alpha value is 1.22. The summed E-state index contributed by atoms with van der Waals surface area (Å²) in [6.45, 7) is 0. The largest absolute Gasteiger partial charge is 0.166 e. The van der Waals surface area contributed by atoms with Gasteiger partial charge in [-0.1, -0.05) is 10.7 Å². The number of rotatable bonds is 2. The third kappa shape index (κ3) is 7.22. The summed E-state index contributed by atoms with van der Waals surface area (Å²) in [5.41, 5.74) is 0. The average Bonchev–Trinajstić information content (AvgIpc) is 1.21. The van der Waals surface area contributed by atoms with Gasteiger partial charge in [0.25, 0.3) is 0 Å². The summed E-state index contributed by atoms with van der Waals surface area (Å²) in [5, 5.41) is 0. The summed E-state index contributed by atoms with van der Waals surface area (Å²) >= 11 is 10.9.